The molecule has 2 rings (SSSR count). The molecule has 21 heavy (non-hydrogen) atoms. The number of halogens is 1. The van der Waals surface area contributed by atoms with E-state index >= 15 is 0 Å². The monoisotopic (exact) mass is 316 g/mol. The largest absolute Gasteiger partial charge is 0.373 e. The third kappa shape index (κ3) is 4.74. The van der Waals surface area contributed by atoms with Crippen molar-refractivity contribution < 1.29 is 17.5 Å². The third-order valence-electron chi connectivity index (χ3n) is 3.35. The van der Waals surface area contributed by atoms with Gasteiger partial charge in [0.05, 0.1) is 17.1 Å². The summed E-state index contributed by atoms with van der Waals surface area (Å²) in [5.41, 5.74) is -0.200. The average molecular weight is 316 g/mol. The summed E-state index contributed by atoms with van der Waals surface area (Å²) in [6, 6.07) is 4.79. The zero-order valence-corrected chi connectivity index (χ0v) is 13.1. The normalized spacial score (nSPS) is 19.6. The van der Waals surface area contributed by atoms with E-state index in [1.807, 2.05) is 13.8 Å². The number of nitrogens with one attached hydrogen (secondary N) is 1. The molecular weight excluding hydrogens is 295 g/mol. The fourth-order valence-electron chi connectivity index (χ4n) is 2.34. The van der Waals surface area contributed by atoms with Crippen LogP contribution in [0, 0.1) is 5.82 Å². The molecule has 118 valence electrons. The van der Waals surface area contributed by atoms with Crippen LogP contribution in [-0.2, 0) is 14.8 Å². The van der Waals surface area contributed by atoms with Crippen LogP contribution in [0.15, 0.2) is 29.2 Å². The molecule has 0 saturated carbocycles. The second-order valence-electron chi connectivity index (χ2n) is 5.74. The molecule has 1 saturated heterocycles. The Balaban J connectivity index is 1.86. The quantitative estimate of drug-likeness (QED) is 0.887. The Morgan fingerprint density at radius 1 is 1.33 bits per heavy atom. The maximum Gasteiger partial charge on any atom is 0.240 e. The van der Waals surface area contributed by atoms with Crippen molar-refractivity contribution in [2.24, 2.45) is 0 Å². The molecule has 5 nitrogen and oxygen atoms in total. The van der Waals surface area contributed by atoms with Crippen molar-refractivity contribution in [2.75, 3.05) is 32.8 Å². The highest BCUT2D eigenvalue weighted by atomic mass is 32.2. The van der Waals surface area contributed by atoms with Gasteiger partial charge in [-0.15, -0.1) is 0 Å². The summed E-state index contributed by atoms with van der Waals surface area (Å²) in [4.78, 5) is 2.24. The predicted molar refractivity (Wildman–Crippen MR) is 78.1 cm³/mol. The molecule has 0 amide bonds. The highest BCUT2D eigenvalue weighted by molar-refractivity contribution is 7.89. The van der Waals surface area contributed by atoms with Crippen molar-refractivity contribution >= 4 is 10.0 Å². The van der Waals surface area contributed by atoms with Gasteiger partial charge in [0.25, 0.3) is 0 Å². The Hall–Kier alpha value is -1.02. The maximum atomic E-state index is 12.8. The Morgan fingerprint density at radius 3 is 2.62 bits per heavy atom. The molecule has 0 unspecified atom stereocenters. The SMILES string of the molecule is CC1(C)CN(CCNS(=O)(=O)c2ccc(F)cc2)CCO1. The molecule has 1 aromatic carbocycles. The van der Waals surface area contributed by atoms with Crippen LogP contribution in [0.3, 0.4) is 0 Å². The second kappa shape index (κ2) is 6.39. The minimum Gasteiger partial charge on any atom is -0.373 e. The van der Waals surface area contributed by atoms with E-state index in [9.17, 15) is 12.8 Å². The molecular formula is C14H21FN2O3S. The minimum absolute atomic E-state index is 0.0752. The van der Waals surface area contributed by atoms with Gasteiger partial charge in [0.2, 0.25) is 10.0 Å². The molecule has 1 aliphatic rings. The van der Waals surface area contributed by atoms with E-state index < -0.39 is 15.8 Å². The van der Waals surface area contributed by atoms with Gasteiger partial charge in [-0.3, -0.25) is 4.90 Å². The summed E-state index contributed by atoms with van der Waals surface area (Å²) in [6.07, 6.45) is 0. The third-order valence-corrected chi connectivity index (χ3v) is 4.83. The Kier molecular flexibility index (Phi) is 4.98. The summed E-state index contributed by atoms with van der Waals surface area (Å²) >= 11 is 0. The smallest absolute Gasteiger partial charge is 0.240 e. The molecule has 0 spiro atoms. The van der Waals surface area contributed by atoms with Crippen molar-refractivity contribution in [2.45, 2.75) is 24.3 Å². The lowest BCUT2D eigenvalue weighted by Gasteiger charge is -2.38. The maximum absolute atomic E-state index is 12.8. The van der Waals surface area contributed by atoms with Gasteiger partial charge in [0.1, 0.15) is 5.82 Å². The summed E-state index contributed by atoms with van der Waals surface area (Å²) in [7, 11) is -3.58. The highest BCUT2D eigenvalue weighted by Crippen LogP contribution is 2.16. The average Bonchev–Trinajstić information content (AvgIpc) is 2.38. The van der Waals surface area contributed by atoms with Gasteiger partial charge in [-0.05, 0) is 38.1 Å². The van der Waals surface area contributed by atoms with E-state index in [1.165, 1.54) is 12.1 Å². The van der Waals surface area contributed by atoms with Crippen molar-refractivity contribution in [3.05, 3.63) is 30.1 Å². The van der Waals surface area contributed by atoms with Crippen LogP contribution >= 0.6 is 0 Å². The summed E-state index contributed by atoms with van der Waals surface area (Å²) < 4.78 is 45.0. The Bertz CT molecular complexity index is 572. The highest BCUT2D eigenvalue weighted by Gasteiger charge is 2.27. The first kappa shape index (κ1) is 16.4. The first-order chi connectivity index (χ1) is 9.78. The predicted octanol–water partition coefficient (Wildman–Crippen LogP) is 1.21. The number of ether oxygens (including phenoxy) is 1. The summed E-state index contributed by atoms with van der Waals surface area (Å²) in [5, 5.41) is 0. The van der Waals surface area contributed by atoms with Crippen LogP contribution in [0.1, 0.15) is 13.8 Å². The second-order valence-corrected chi connectivity index (χ2v) is 7.50. The van der Waals surface area contributed by atoms with Gasteiger partial charge in [-0.2, -0.15) is 0 Å². The van der Waals surface area contributed by atoms with E-state index in [-0.39, 0.29) is 10.5 Å². The van der Waals surface area contributed by atoms with E-state index in [1.54, 1.807) is 0 Å². The number of morpholine rings is 1. The first-order valence-electron chi connectivity index (χ1n) is 6.90. The van der Waals surface area contributed by atoms with Crippen molar-refractivity contribution in [1.29, 1.82) is 0 Å². The van der Waals surface area contributed by atoms with E-state index in [2.05, 4.69) is 9.62 Å². The standard InChI is InChI=1S/C14H21FN2O3S/c1-14(2)11-17(9-10-20-14)8-7-16-21(18,19)13-5-3-12(15)4-6-13/h3-6,16H,7-11H2,1-2H3. The topological polar surface area (TPSA) is 58.6 Å². The Labute approximate surface area is 125 Å². The Morgan fingerprint density at radius 2 is 2.00 bits per heavy atom. The lowest BCUT2D eigenvalue weighted by Crippen LogP contribution is -2.50. The number of sulfonamides is 1. The van der Waals surface area contributed by atoms with Crippen molar-refractivity contribution in [3.63, 3.8) is 0 Å². The van der Waals surface area contributed by atoms with Crippen LogP contribution in [0.25, 0.3) is 0 Å². The van der Waals surface area contributed by atoms with Crippen LogP contribution in [0.2, 0.25) is 0 Å². The zero-order chi connectivity index (χ0) is 15.5. The van der Waals surface area contributed by atoms with E-state index in [4.69, 9.17) is 4.74 Å². The number of hydrogen-bond donors (Lipinski definition) is 1. The molecule has 1 N–H and O–H groups in total. The van der Waals surface area contributed by atoms with E-state index in [0.29, 0.717) is 19.7 Å². The van der Waals surface area contributed by atoms with Gasteiger partial charge in [0.15, 0.2) is 0 Å². The van der Waals surface area contributed by atoms with Crippen LogP contribution in [-0.4, -0.2) is 51.7 Å². The lowest BCUT2D eigenvalue weighted by atomic mass is 10.1. The summed E-state index contributed by atoms with van der Waals surface area (Å²) in [5.74, 6) is -0.454. The molecule has 1 aromatic rings. The van der Waals surface area contributed by atoms with Gasteiger partial charge < -0.3 is 4.74 Å². The van der Waals surface area contributed by atoms with Crippen molar-refractivity contribution in [3.8, 4) is 0 Å². The molecule has 1 heterocycles. The molecule has 1 aliphatic heterocycles. The van der Waals surface area contributed by atoms with E-state index in [0.717, 1.165) is 25.2 Å². The van der Waals surface area contributed by atoms with Crippen LogP contribution in [0.4, 0.5) is 4.39 Å². The number of benzene rings is 1. The minimum atomic E-state index is -3.58. The van der Waals surface area contributed by atoms with Gasteiger partial charge in [-0.1, -0.05) is 0 Å². The molecule has 0 bridgehead atoms. The number of nitrogens with zero attached hydrogens (tertiary/aromatic N) is 1. The lowest BCUT2D eigenvalue weighted by molar-refractivity contribution is -0.0851. The zero-order valence-electron chi connectivity index (χ0n) is 12.3. The van der Waals surface area contributed by atoms with Gasteiger partial charge >= 0.3 is 0 Å². The van der Waals surface area contributed by atoms with Crippen LogP contribution in [0.5, 0.6) is 0 Å². The molecule has 0 radical (unpaired) electrons. The van der Waals surface area contributed by atoms with Crippen molar-refractivity contribution in [1.82, 2.24) is 9.62 Å². The molecule has 0 atom stereocenters. The van der Waals surface area contributed by atoms with Gasteiger partial charge in [-0.25, -0.2) is 17.5 Å². The fraction of sp³-hybridized carbons (Fsp3) is 0.571. The molecule has 1 fully saturated rings. The number of hydrogen-bond acceptors (Lipinski definition) is 4. The van der Waals surface area contributed by atoms with Crippen LogP contribution < -0.4 is 4.72 Å². The summed E-state index contributed by atoms with van der Waals surface area (Å²) in [6.45, 7) is 7.18. The first-order valence-corrected chi connectivity index (χ1v) is 8.38. The molecule has 0 aliphatic carbocycles. The number of rotatable bonds is 5. The fourth-order valence-corrected chi connectivity index (χ4v) is 3.36. The molecule has 7 heteroatoms. The molecule has 0 aromatic heterocycles. The van der Waals surface area contributed by atoms with Gasteiger partial charge in [0, 0.05) is 26.2 Å².